The zero-order chi connectivity index (χ0) is 14.2. The van der Waals surface area contributed by atoms with Gasteiger partial charge in [0.2, 0.25) is 0 Å². The fourth-order valence-corrected chi connectivity index (χ4v) is 2.38. The molecule has 1 N–H and O–H groups in total. The predicted octanol–water partition coefficient (Wildman–Crippen LogP) is 2.86. The largest absolute Gasteiger partial charge is 0.477 e. The number of hydrogen-bond donors (Lipinski definition) is 1. The fraction of sp³-hybridized carbons (Fsp3) is 0.533. The van der Waals surface area contributed by atoms with Crippen LogP contribution in [0.1, 0.15) is 20.3 Å². The molecule has 0 radical (unpaired) electrons. The molecule has 0 aromatic heterocycles. The maximum Gasteiger partial charge on any atom is 0.362 e. The lowest BCUT2D eigenvalue weighted by molar-refractivity contribution is -0.928. The molecule has 102 valence electrons. The van der Waals surface area contributed by atoms with E-state index in [0.717, 1.165) is 0 Å². The molecule has 1 atom stereocenters. The van der Waals surface area contributed by atoms with E-state index in [9.17, 15) is 9.90 Å². The summed E-state index contributed by atoms with van der Waals surface area (Å²) < 4.78 is 0.421. The molecule has 0 saturated carbocycles. The number of carboxylic acid groups (broad SMARTS) is 1. The van der Waals surface area contributed by atoms with Crippen LogP contribution in [-0.2, 0) is 4.79 Å². The predicted molar refractivity (Wildman–Crippen MR) is 76.3 cm³/mol. The van der Waals surface area contributed by atoms with Crippen LogP contribution in [0.2, 0.25) is 0 Å². The number of carboxylic acids is 1. The molecule has 0 unspecified atom stereocenters. The van der Waals surface area contributed by atoms with Gasteiger partial charge in [-0.1, -0.05) is 33.6 Å². The molecule has 0 aromatic rings. The standard InChI is InChI=1S/C15H25NO2/c1-6-9-16(10-7-2,11-8-3)14(15(17)18)12-13(4)5/h6-8,13-14H,1-3,9-12H2,4-5H3/p+1/t14-/m0/s1. The van der Waals surface area contributed by atoms with Crippen molar-refractivity contribution in [2.24, 2.45) is 5.92 Å². The van der Waals surface area contributed by atoms with Crippen LogP contribution in [0.15, 0.2) is 38.0 Å². The molecular formula is C15H26NO2+. The summed E-state index contributed by atoms with van der Waals surface area (Å²) in [7, 11) is 0. The first-order valence-electron chi connectivity index (χ1n) is 6.34. The van der Waals surface area contributed by atoms with Crippen LogP contribution in [0.5, 0.6) is 0 Å². The minimum Gasteiger partial charge on any atom is -0.477 e. The summed E-state index contributed by atoms with van der Waals surface area (Å²) in [5.41, 5.74) is 0. The van der Waals surface area contributed by atoms with E-state index >= 15 is 0 Å². The van der Waals surface area contributed by atoms with E-state index in [1.807, 2.05) is 13.8 Å². The van der Waals surface area contributed by atoms with Crippen molar-refractivity contribution in [3.8, 4) is 0 Å². The Kier molecular flexibility index (Phi) is 7.29. The average Bonchev–Trinajstić information content (AvgIpc) is 2.26. The summed E-state index contributed by atoms with van der Waals surface area (Å²) in [6.45, 7) is 17.2. The van der Waals surface area contributed by atoms with E-state index < -0.39 is 12.0 Å². The fourth-order valence-electron chi connectivity index (χ4n) is 2.38. The summed E-state index contributed by atoms with van der Waals surface area (Å²) in [5.74, 6) is -0.419. The van der Waals surface area contributed by atoms with Crippen LogP contribution >= 0.6 is 0 Å². The number of rotatable bonds is 10. The van der Waals surface area contributed by atoms with Crippen molar-refractivity contribution in [2.75, 3.05) is 19.6 Å². The lowest BCUT2D eigenvalue weighted by Crippen LogP contribution is -2.59. The Balaban J connectivity index is 5.40. The highest BCUT2D eigenvalue weighted by molar-refractivity contribution is 5.72. The van der Waals surface area contributed by atoms with Crippen molar-refractivity contribution < 1.29 is 14.4 Å². The third-order valence-corrected chi connectivity index (χ3v) is 3.12. The maximum absolute atomic E-state index is 11.6. The molecule has 0 amide bonds. The third kappa shape index (κ3) is 4.49. The van der Waals surface area contributed by atoms with Gasteiger partial charge in [-0.25, -0.2) is 4.79 Å². The van der Waals surface area contributed by atoms with E-state index in [4.69, 9.17) is 0 Å². The molecule has 0 bridgehead atoms. The number of carbonyl (C=O) groups is 1. The second-order valence-electron chi connectivity index (χ2n) is 5.12. The summed E-state index contributed by atoms with van der Waals surface area (Å²) in [4.78, 5) is 11.6. The van der Waals surface area contributed by atoms with Crippen molar-refractivity contribution in [3.05, 3.63) is 38.0 Å². The minimum absolute atomic E-state index is 0.336. The first kappa shape index (κ1) is 16.6. The lowest BCUT2D eigenvalue weighted by atomic mass is 9.99. The molecule has 0 fully saturated rings. The summed E-state index contributed by atoms with van der Waals surface area (Å²) >= 11 is 0. The molecule has 18 heavy (non-hydrogen) atoms. The van der Waals surface area contributed by atoms with Crippen molar-refractivity contribution >= 4 is 5.97 Å². The molecule has 0 spiro atoms. The number of aliphatic carboxylic acids is 1. The van der Waals surface area contributed by atoms with Gasteiger partial charge in [-0.2, -0.15) is 0 Å². The topological polar surface area (TPSA) is 37.3 Å². The Hall–Kier alpha value is -1.35. The Bertz CT molecular complexity index is 281. The van der Waals surface area contributed by atoms with Crippen LogP contribution in [0.4, 0.5) is 0 Å². The number of nitrogens with zero attached hydrogens (tertiary/aromatic N) is 1. The summed E-state index contributed by atoms with van der Waals surface area (Å²) in [6, 6.07) is -0.445. The SMILES string of the molecule is C=CC[N+](CC=C)(CC=C)[C@@H](CC(C)C)C(=O)O. The van der Waals surface area contributed by atoms with Crippen LogP contribution in [0, 0.1) is 5.92 Å². The Labute approximate surface area is 111 Å². The number of hydrogen-bond acceptors (Lipinski definition) is 1. The normalized spacial score (nSPS) is 13.1. The molecule has 3 nitrogen and oxygen atoms in total. The van der Waals surface area contributed by atoms with E-state index in [2.05, 4.69) is 19.7 Å². The van der Waals surface area contributed by atoms with Crippen molar-refractivity contribution in [1.29, 1.82) is 0 Å². The zero-order valence-corrected chi connectivity index (χ0v) is 11.6. The monoisotopic (exact) mass is 252 g/mol. The van der Waals surface area contributed by atoms with E-state index in [1.54, 1.807) is 18.2 Å². The van der Waals surface area contributed by atoms with Gasteiger partial charge < -0.3 is 9.59 Å². The molecule has 0 aliphatic carbocycles. The molecule has 0 rings (SSSR count). The molecule has 0 saturated heterocycles. The van der Waals surface area contributed by atoms with E-state index in [1.165, 1.54) is 0 Å². The van der Waals surface area contributed by atoms with E-state index in [0.29, 0.717) is 36.5 Å². The quantitative estimate of drug-likeness (QED) is 0.479. The van der Waals surface area contributed by atoms with Crippen LogP contribution in [0.3, 0.4) is 0 Å². The van der Waals surface area contributed by atoms with Crippen LogP contribution < -0.4 is 0 Å². The van der Waals surface area contributed by atoms with Gasteiger partial charge in [0.25, 0.3) is 0 Å². The second-order valence-corrected chi connectivity index (χ2v) is 5.12. The zero-order valence-electron chi connectivity index (χ0n) is 11.6. The third-order valence-electron chi connectivity index (χ3n) is 3.12. The molecule has 0 aromatic carbocycles. The van der Waals surface area contributed by atoms with Crippen molar-refractivity contribution in [1.82, 2.24) is 0 Å². The van der Waals surface area contributed by atoms with Gasteiger partial charge in [0, 0.05) is 6.42 Å². The van der Waals surface area contributed by atoms with Crippen molar-refractivity contribution in [3.63, 3.8) is 0 Å². The Morgan fingerprint density at radius 2 is 1.50 bits per heavy atom. The molecule has 0 aliphatic heterocycles. The molecule has 3 heteroatoms. The van der Waals surface area contributed by atoms with Gasteiger partial charge in [-0.3, -0.25) is 0 Å². The average molecular weight is 252 g/mol. The summed E-state index contributed by atoms with van der Waals surface area (Å²) in [5, 5.41) is 9.52. The van der Waals surface area contributed by atoms with Gasteiger partial charge in [0.15, 0.2) is 6.04 Å². The molecule has 0 aliphatic rings. The maximum atomic E-state index is 11.6. The Morgan fingerprint density at radius 3 is 1.72 bits per heavy atom. The smallest absolute Gasteiger partial charge is 0.362 e. The van der Waals surface area contributed by atoms with Crippen molar-refractivity contribution in [2.45, 2.75) is 26.3 Å². The summed E-state index contributed by atoms with van der Waals surface area (Å²) in [6.07, 6.45) is 5.99. The van der Waals surface area contributed by atoms with Crippen LogP contribution in [0.25, 0.3) is 0 Å². The van der Waals surface area contributed by atoms with Gasteiger partial charge in [-0.05, 0) is 24.1 Å². The van der Waals surface area contributed by atoms with Gasteiger partial charge in [-0.15, -0.1) is 0 Å². The lowest BCUT2D eigenvalue weighted by Gasteiger charge is -2.41. The first-order valence-corrected chi connectivity index (χ1v) is 6.34. The Morgan fingerprint density at radius 1 is 1.11 bits per heavy atom. The minimum atomic E-state index is -0.755. The van der Waals surface area contributed by atoms with Gasteiger partial charge in [0.05, 0.1) is 19.6 Å². The highest BCUT2D eigenvalue weighted by Gasteiger charge is 2.39. The van der Waals surface area contributed by atoms with E-state index in [-0.39, 0.29) is 0 Å². The second kappa shape index (κ2) is 7.88. The van der Waals surface area contributed by atoms with Gasteiger partial charge >= 0.3 is 5.97 Å². The van der Waals surface area contributed by atoms with Gasteiger partial charge in [0.1, 0.15) is 0 Å². The van der Waals surface area contributed by atoms with Crippen LogP contribution in [-0.4, -0.2) is 41.2 Å². The number of quaternary nitrogens is 1. The highest BCUT2D eigenvalue weighted by atomic mass is 16.4. The molecule has 0 heterocycles. The highest BCUT2D eigenvalue weighted by Crippen LogP contribution is 2.21. The first-order chi connectivity index (χ1) is 8.43. The molecular weight excluding hydrogens is 226 g/mol.